The van der Waals surface area contributed by atoms with Crippen LogP contribution in [0.25, 0.3) is 0 Å². The molecule has 0 unspecified atom stereocenters. The summed E-state index contributed by atoms with van der Waals surface area (Å²) in [6, 6.07) is 1.90. The number of aromatic nitrogens is 1. The van der Waals surface area contributed by atoms with E-state index in [1.165, 1.54) is 29.3 Å². The minimum absolute atomic E-state index is 0.590. The average molecular weight is 153 g/mol. The Kier molecular flexibility index (Phi) is 1.31. The van der Waals surface area contributed by atoms with Gasteiger partial charge < -0.3 is 0 Å². The van der Waals surface area contributed by atoms with Gasteiger partial charge in [0.25, 0.3) is 0 Å². The highest BCUT2D eigenvalue weighted by atomic mass is 32.1. The van der Waals surface area contributed by atoms with Gasteiger partial charge in [0.1, 0.15) is 5.69 Å². The fourth-order valence-electron chi connectivity index (χ4n) is 0.920. The molecule has 0 amide bonds. The van der Waals surface area contributed by atoms with Gasteiger partial charge in [-0.1, -0.05) is 0 Å². The van der Waals surface area contributed by atoms with Crippen LogP contribution >= 0.6 is 11.5 Å². The standard InChI is InChI=1S/C7H7NOS/c9-4-6-3-7(10-8-6)5-1-2-5/h3-5H,1-2H2. The van der Waals surface area contributed by atoms with Crippen molar-refractivity contribution in [2.75, 3.05) is 0 Å². The monoisotopic (exact) mass is 153 g/mol. The molecule has 52 valence electrons. The zero-order valence-electron chi connectivity index (χ0n) is 5.41. The Hall–Kier alpha value is -0.700. The van der Waals surface area contributed by atoms with Gasteiger partial charge in [-0.2, -0.15) is 4.37 Å². The van der Waals surface area contributed by atoms with Crippen LogP contribution in [0.2, 0.25) is 0 Å². The first kappa shape index (κ1) is 6.04. The molecule has 1 fully saturated rings. The average Bonchev–Trinajstić information content (AvgIpc) is 2.70. The van der Waals surface area contributed by atoms with E-state index in [0.717, 1.165) is 12.2 Å². The summed E-state index contributed by atoms with van der Waals surface area (Å²) < 4.78 is 3.97. The number of carbonyl (C=O) groups is 1. The number of hydrogen-bond donors (Lipinski definition) is 0. The SMILES string of the molecule is O=Cc1cc(C2CC2)sn1. The zero-order chi connectivity index (χ0) is 6.97. The molecule has 0 N–H and O–H groups in total. The molecule has 0 spiro atoms. The minimum atomic E-state index is 0.590. The smallest absolute Gasteiger partial charge is 0.169 e. The first-order valence-electron chi connectivity index (χ1n) is 3.32. The van der Waals surface area contributed by atoms with Gasteiger partial charge in [-0.05, 0) is 36.4 Å². The summed E-state index contributed by atoms with van der Waals surface area (Å²) in [4.78, 5) is 11.5. The third kappa shape index (κ3) is 0.968. The van der Waals surface area contributed by atoms with Crippen molar-refractivity contribution in [3.05, 3.63) is 16.6 Å². The first-order chi connectivity index (χ1) is 4.90. The van der Waals surface area contributed by atoms with Crippen LogP contribution < -0.4 is 0 Å². The lowest BCUT2D eigenvalue weighted by Crippen LogP contribution is -1.73. The highest BCUT2D eigenvalue weighted by Crippen LogP contribution is 2.41. The highest BCUT2D eigenvalue weighted by molar-refractivity contribution is 7.06. The normalized spacial score (nSPS) is 17.2. The van der Waals surface area contributed by atoms with Crippen molar-refractivity contribution in [1.82, 2.24) is 4.37 Å². The summed E-state index contributed by atoms with van der Waals surface area (Å²) in [5.74, 6) is 0.728. The van der Waals surface area contributed by atoms with E-state index in [9.17, 15) is 4.79 Å². The maximum absolute atomic E-state index is 10.2. The lowest BCUT2D eigenvalue weighted by Gasteiger charge is -1.80. The Balaban J connectivity index is 2.26. The van der Waals surface area contributed by atoms with Crippen LogP contribution in [0.1, 0.15) is 34.1 Å². The number of aldehydes is 1. The van der Waals surface area contributed by atoms with E-state index in [1.54, 1.807) is 0 Å². The van der Waals surface area contributed by atoms with Gasteiger partial charge in [0.05, 0.1) is 0 Å². The Morgan fingerprint density at radius 3 is 3.00 bits per heavy atom. The molecule has 0 aliphatic heterocycles. The fraction of sp³-hybridized carbons (Fsp3) is 0.429. The zero-order valence-corrected chi connectivity index (χ0v) is 6.23. The van der Waals surface area contributed by atoms with Gasteiger partial charge in [-0.15, -0.1) is 0 Å². The van der Waals surface area contributed by atoms with Crippen molar-refractivity contribution in [1.29, 1.82) is 0 Å². The second-order valence-electron chi connectivity index (χ2n) is 2.55. The maximum atomic E-state index is 10.2. The van der Waals surface area contributed by atoms with E-state index in [2.05, 4.69) is 4.37 Å². The van der Waals surface area contributed by atoms with E-state index in [1.807, 2.05) is 6.07 Å². The predicted molar refractivity (Wildman–Crippen MR) is 39.5 cm³/mol. The summed E-state index contributed by atoms with van der Waals surface area (Å²) in [6.45, 7) is 0. The van der Waals surface area contributed by atoms with Crippen LogP contribution in [-0.2, 0) is 0 Å². The van der Waals surface area contributed by atoms with Gasteiger partial charge in [0, 0.05) is 4.88 Å². The Morgan fingerprint density at radius 1 is 1.70 bits per heavy atom. The first-order valence-corrected chi connectivity index (χ1v) is 4.09. The Morgan fingerprint density at radius 2 is 2.50 bits per heavy atom. The molecule has 1 aliphatic carbocycles. The van der Waals surface area contributed by atoms with Crippen molar-refractivity contribution in [2.45, 2.75) is 18.8 Å². The van der Waals surface area contributed by atoms with E-state index in [0.29, 0.717) is 5.69 Å². The maximum Gasteiger partial charge on any atom is 0.169 e. The summed E-state index contributed by atoms with van der Waals surface area (Å²) in [6.07, 6.45) is 3.36. The lowest BCUT2D eigenvalue weighted by atomic mass is 10.3. The Bertz CT molecular complexity index is 252. The Labute approximate surface area is 63.0 Å². The fourth-order valence-corrected chi connectivity index (χ4v) is 1.78. The van der Waals surface area contributed by atoms with E-state index >= 15 is 0 Å². The highest BCUT2D eigenvalue weighted by Gasteiger charge is 2.25. The molecular formula is C7H7NOS. The molecule has 1 aliphatic rings. The molecule has 1 saturated carbocycles. The molecule has 1 aromatic heterocycles. The van der Waals surface area contributed by atoms with Crippen molar-refractivity contribution in [3.8, 4) is 0 Å². The molecule has 2 rings (SSSR count). The summed E-state index contributed by atoms with van der Waals surface area (Å²) >= 11 is 1.46. The van der Waals surface area contributed by atoms with E-state index in [-0.39, 0.29) is 0 Å². The van der Waals surface area contributed by atoms with Crippen molar-refractivity contribution < 1.29 is 4.79 Å². The second-order valence-corrected chi connectivity index (χ2v) is 3.38. The number of nitrogens with zero attached hydrogens (tertiary/aromatic N) is 1. The number of carbonyl (C=O) groups excluding carboxylic acids is 1. The number of rotatable bonds is 2. The van der Waals surface area contributed by atoms with Gasteiger partial charge in [-0.3, -0.25) is 4.79 Å². The van der Waals surface area contributed by atoms with Gasteiger partial charge in [0.15, 0.2) is 6.29 Å². The molecule has 10 heavy (non-hydrogen) atoms. The van der Waals surface area contributed by atoms with Crippen LogP contribution in [0.3, 0.4) is 0 Å². The quantitative estimate of drug-likeness (QED) is 0.607. The lowest BCUT2D eigenvalue weighted by molar-refractivity contribution is 0.112. The van der Waals surface area contributed by atoms with Gasteiger partial charge >= 0.3 is 0 Å². The topological polar surface area (TPSA) is 30.0 Å². The molecule has 1 heterocycles. The van der Waals surface area contributed by atoms with Crippen molar-refractivity contribution in [2.24, 2.45) is 0 Å². The molecule has 0 atom stereocenters. The molecule has 2 nitrogen and oxygen atoms in total. The van der Waals surface area contributed by atoms with E-state index < -0.39 is 0 Å². The molecule has 1 aromatic rings. The van der Waals surface area contributed by atoms with E-state index in [4.69, 9.17) is 0 Å². The van der Waals surface area contributed by atoms with Crippen LogP contribution in [0, 0.1) is 0 Å². The summed E-state index contributed by atoms with van der Waals surface area (Å²) in [7, 11) is 0. The predicted octanol–water partition coefficient (Wildman–Crippen LogP) is 1.83. The summed E-state index contributed by atoms with van der Waals surface area (Å²) in [5, 5.41) is 0. The molecular weight excluding hydrogens is 146 g/mol. The summed E-state index contributed by atoms with van der Waals surface area (Å²) in [5.41, 5.74) is 0.590. The van der Waals surface area contributed by atoms with Crippen molar-refractivity contribution in [3.63, 3.8) is 0 Å². The second kappa shape index (κ2) is 2.16. The molecule has 0 bridgehead atoms. The minimum Gasteiger partial charge on any atom is -0.296 e. The molecule has 0 aromatic carbocycles. The molecule has 0 saturated heterocycles. The van der Waals surface area contributed by atoms with Crippen molar-refractivity contribution >= 4 is 17.8 Å². The van der Waals surface area contributed by atoms with Crippen LogP contribution in [0.5, 0.6) is 0 Å². The molecule has 0 radical (unpaired) electrons. The van der Waals surface area contributed by atoms with Crippen LogP contribution in [0.15, 0.2) is 6.07 Å². The largest absolute Gasteiger partial charge is 0.296 e. The third-order valence-corrected chi connectivity index (χ3v) is 2.61. The van der Waals surface area contributed by atoms with Gasteiger partial charge in [-0.25, -0.2) is 0 Å². The van der Waals surface area contributed by atoms with Gasteiger partial charge in [0.2, 0.25) is 0 Å². The third-order valence-electron chi connectivity index (χ3n) is 1.65. The molecule has 3 heteroatoms. The van der Waals surface area contributed by atoms with Crippen LogP contribution in [-0.4, -0.2) is 10.7 Å². The number of hydrogen-bond acceptors (Lipinski definition) is 3. The van der Waals surface area contributed by atoms with Crippen LogP contribution in [0.4, 0.5) is 0 Å².